The molecule has 1 atom stereocenters. The Hall–Kier alpha value is -2.35. The van der Waals surface area contributed by atoms with Crippen molar-refractivity contribution in [2.45, 2.75) is 45.3 Å². The highest BCUT2D eigenvalue weighted by Gasteiger charge is 2.32. The van der Waals surface area contributed by atoms with Crippen LogP contribution < -0.4 is 15.1 Å². The molecule has 0 aliphatic carbocycles. The molecule has 2 N–H and O–H groups in total. The Balaban J connectivity index is 2.30. The van der Waals surface area contributed by atoms with E-state index >= 15 is 0 Å². The van der Waals surface area contributed by atoms with Crippen molar-refractivity contribution in [2.75, 3.05) is 36.5 Å². The molecule has 1 heterocycles. The highest BCUT2D eigenvalue weighted by Crippen LogP contribution is 2.34. The summed E-state index contributed by atoms with van der Waals surface area (Å²) in [6.07, 6.45) is 0.0909. The van der Waals surface area contributed by atoms with Gasteiger partial charge in [-0.05, 0) is 45.7 Å². The first-order valence-corrected chi connectivity index (χ1v) is 9.05. The van der Waals surface area contributed by atoms with E-state index in [0.717, 1.165) is 0 Å². The molecule has 2 rings (SSSR count). The van der Waals surface area contributed by atoms with Crippen molar-refractivity contribution in [3.8, 4) is 0 Å². The van der Waals surface area contributed by atoms with Crippen LogP contribution in [0.4, 0.5) is 20.6 Å². The van der Waals surface area contributed by atoms with Crippen LogP contribution in [-0.4, -0.2) is 55.5 Å². The van der Waals surface area contributed by atoms with Gasteiger partial charge in [-0.15, -0.1) is 0 Å². The molecule has 0 radical (unpaired) electrons. The molecule has 0 unspecified atom stereocenters. The van der Waals surface area contributed by atoms with Gasteiger partial charge in [0.15, 0.2) is 0 Å². The van der Waals surface area contributed by atoms with Crippen LogP contribution >= 0.6 is 0 Å². The molecule has 1 aliphatic heterocycles. The zero-order valence-corrected chi connectivity index (χ0v) is 16.3. The molecule has 150 valence electrons. The average Bonchev–Trinajstić information content (AvgIpc) is 2.57. The van der Waals surface area contributed by atoms with Crippen LogP contribution in [0.25, 0.3) is 0 Å². The van der Waals surface area contributed by atoms with Crippen LogP contribution in [0.1, 0.15) is 33.6 Å². The van der Waals surface area contributed by atoms with Gasteiger partial charge in [-0.1, -0.05) is 6.07 Å². The lowest BCUT2D eigenvalue weighted by atomic mass is 10.1. The van der Waals surface area contributed by atoms with Gasteiger partial charge in [0, 0.05) is 26.7 Å². The van der Waals surface area contributed by atoms with E-state index in [1.165, 1.54) is 11.0 Å². The third kappa shape index (κ3) is 5.32. The van der Waals surface area contributed by atoms with Crippen LogP contribution in [0.3, 0.4) is 0 Å². The highest BCUT2D eigenvalue weighted by molar-refractivity contribution is 6.01. The fourth-order valence-corrected chi connectivity index (χ4v) is 3.03. The Labute approximate surface area is 159 Å². The van der Waals surface area contributed by atoms with Crippen LogP contribution in [0.15, 0.2) is 18.2 Å². The number of benzene rings is 1. The summed E-state index contributed by atoms with van der Waals surface area (Å²) in [7, 11) is 1.56. The summed E-state index contributed by atoms with van der Waals surface area (Å²) in [6, 6.07) is 3.76. The normalized spacial score (nSPS) is 17.9. The second kappa shape index (κ2) is 8.56. The van der Waals surface area contributed by atoms with E-state index in [4.69, 9.17) is 9.84 Å². The molecule has 0 spiro atoms. The summed E-state index contributed by atoms with van der Waals surface area (Å²) in [5.41, 5.74) is 0.0786. The maximum absolute atomic E-state index is 14.5. The zero-order chi connectivity index (χ0) is 20.2. The molecule has 0 aromatic heterocycles. The molecule has 1 aliphatic rings. The molecule has 0 saturated carbocycles. The molecule has 2 amide bonds. The molecule has 1 aromatic rings. The van der Waals surface area contributed by atoms with Crippen molar-refractivity contribution in [1.82, 2.24) is 5.32 Å². The molecular weight excluding hydrogens is 353 g/mol. The number of likely N-dealkylation sites (N-methyl/N-ethyl adjacent to an activating group) is 1. The number of hydrogen-bond acceptors (Lipinski definition) is 5. The second-order valence-electron chi connectivity index (χ2n) is 7.56. The van der Waals surface area contributed by atoms with Crippen molar-refractivity contribution in [3.63, 3.8) is 0 Å². The van der Waals surface area contributed by atoms with Gasteiger partial charge in [-0.3, -0.25) is 4.79 Å². The summed E-state index contributed by atoms with van der Waals surface area (Å²) in [5, 5.41) is 11.8. The standard InChI is InChI=1S/C19H28FN3O4/c1-19(2,3)27-18(26)21-14-9-11-23(10-6-12-24)16-13(20)7-5-8-15(16)22(4)17(14)25/h5,7-8,14,24H,6,9-12H2,1-4H3,(H,21,26)/t14-/m0/s1. The number of anilines is 2. The lowest BCUT2D eigenvalue weighted by molar-refractivity contribution is -0.120. The number of alkyl carbamates (subject to hydrolysis) is 1. The first-order chi connectivity index (χ1) is 12.6. The number of carbonyl (C=O) groups is 2. The molecule has 0 fully saturated rings. The quantitative estimate of drug-likeness (QED) is 0.836. The number of carbonyl (C=O) groups excluding carboxylic acids is 2. The van der Waals surface area contributed by atoms with Crippen LogP contribution in [0, 0.1) is 5.82 Å². The van der Waals surface area contributed by atoms with E-state index < -0.39 is 23.6 Å². The summed E-state index contributed by atoms with van der Waals surface area (Å²) in [4.78, 5) is 28.1. The van der Waals surface area contributed by atoms with Gasteiger partial charge in [-0.25, -0.2) is 9.18 Å². The SMILES string of the molecule is CN1C(=O)[C@@H](NC(=O)OC(C)(C)C)CCN(CCCO)c2c(F)cccc21. The lowest BCUT2D eigenvalue weighted by Gasteiger charge is -2.35. The predicted octanol–water partition coefficient (Wildman–Crippen LogP) is 2.27. The zero-order valence-electron chi connectivity index (χ0n) is 16.3. The first kappa shape index (κ1) is 21.0. The van der Waals surface area contributed by atoms with Crippen molar-refractivity contribution >= 4 is 23.4 Å². The fraction of sp³-hybridized carbons (Fsp3) is 0.579. The van der Waals surface area contributed by atoms with Crippen molar-refractivity contribution < 1.29 is 23.8 Å². The molecule has 8 heteroatoms. The number of aliphatic hydroxyl groups is 1. The van der Waals surface area contributed by atoms with Gasteiger partial charge in [0.25, 0.3) is 0 Å². The number of amides is 2. The summed E-state index contributed by atoms with van der Waals surface area (Å²) in [6.45, 7) is 6.01. The molecule has 27 heavy (non-hydrogen) atoms. The Morgan fingerprint density at radius 2 is 2.11 bits per heavy atom. The number of hydrogen-bond donors (Lipinski definition) is 2. The van der Waals surface area contributed by atoms with Gasteiger partial charge in [0.2, 0.25) is 5.91 Å². The van der Waals surface area contributed by atoms with Gasteiger partial charge in [-0.2, -0.15) is 0 Å². The van der Waals surface area contributed by atoms with Crippen LogP contribution in [-0.2, 0) is 9.53 Å². The summed E-state index contributed by atoms with van der Waals surface area (Å²) >= 11 is 0. The van der Waals surface area contributed by atoms with Crippen molar-refractivity contribution in [2.24, 2.45) is 0 Å². The second-order valence-corrected chi connectivity index (χ2v) is 7.56. The van der Waals surface area contributed by atoms with Crippen molar-refractivity contribution in [3.05, 3.63) is 24.0 Å². The molecule has 7 nitrogen and oxygen atoms in total. The number of nitrogens with zero attached hydrogens (tertiary/aromatic N) is 2. The third-order valence-electron chi connectivity index (χ3n) is 4.24. The molecule has 0 bridgehead atoms. The minimum Gasteiger partial charge on any atom is -0.444 e. The Morgan fingerprint density at radius 1 is 1.41 bits per heavy atom. The number of ether oxygens (including phenoxy) is 1. The summed E-state index contributed by atoms with van der Waals surface area (Å²) in [5.74, 6) is -0.766. The number of nitrogens with one attached hydrogen (secondary N) is 1. The van der Waals surface area contributed by atoms with E-state index in [9.17, 15) is 14.0 Å². The van der Waals surface area contributed by atoms with E-state index in [1.54, 1.807) is 44.9 Å². The Morgan fingerprint density at radius 3 is 2.74 bits per heavy atom. The monoisotopic (exact) mass is 381 g/mol. The van der Waals surface area contributed by atoms with Crippen molar-refractivity contribution in [1.29, 1.82) is 0 Å². The van der Waals surface area contributed by atoms with Crippen LogP contribution in [0.2, 0.25) is 0 Å². The largest absolute Gasteiger partial charge is 0.444 e. The maximum atomic E-state index is 14.5. The fourth-order valence-electron chi connectivity index (χ4n) is 3.03. The first-order valence-electron chi connectivity index (χ1n) is 9.05. The predicted molar refractivity (Wildman–Crippen MR) is 102 cm³/mol. The minimum absolute atomic E-state index is 0.0192. The molecule has 1 aromatic carbocycles. The molecular formula is C19H28FN3O4. The number of rotatable bonds is 4. The van der Waals surface area contributed by atoms with E-state index in [-0.39, 0.29) is 12.5 Å². The Kier molecular flexibility index (Phi) is 6.64. The van der Waals surface area contributed by atoms with Gasteiger partial charge in [0.05, 0.1) is 11.4 Å². The Bertz CT molecular complexity index is 690. The number of aliphatic hydroxyl groups excluding tert-OH is 1. The smallest absolute Gasteiger partial charge is 0.408 e. The number of para-hydroxylation sites is 1. The van der Waals surface area contributed by atoms with E-state index in [2.05, 4.69) is 5.32 Å². The topological polar surface area (TPSA) is 82.1 Å². The third-order valence-corrected chi connectivity index (χ3v) is 4.24. The van der Waals surface area contributed by atoms with E-state index in [0.29, 0.717) is 37.3 Å². The van der Waals surface area contributed by atoms with Gasteiger partial charge < -0.3 is 25.0 Å². The minimum atomic E-state index is -0.794. The number of fused-ring (bicyclic) bond motifs is 1. The van der Waals surface area contributed by atoms with Gasteiger partial charge >= 0.3 is 6.09 Å². The number of halogens is 1. The van der Waals surface area contributed by atoms with E-state index in [1.807, 2.05) is 0 Å². The average molecular weight is 381 g/mol. The van der Waals surface area contributed by atoms with Crippen LogP contribution in [0.5, 0.6) is 0 Å². The molecule has 0 saturated heterocycles. The lowest BCUT2D eigenvalue weighted by Crippen LogP contribution is -2.51. The highest BCUT2D eigenvalue weighted by atomic mass is 19.1. The van der Waals surface area contributed by atoms with Gasteiger partial charge in [0.1, 0.15) is 17.5 Å². The summed E-state index contributed by atoms with van der Waals surface area (Å²) < 4.78 is 19.8. The maximum Gasteiger partial charge on any atom is 0.408 e.